The summed E-state index contributed by atoms with van der Waals surface area (Å²) >= 11 is 1.37. The predicted octanol–water partition coefficient (Wildman–Crippen LogP) is 2.93. The SMILES string of the molecule is COC(=O)CSc1cc(C)c(C#N)c2nc3ccccc3n12. The summed E-state index contributed by atoms with van der Waals surface area (Å²) in [6.45, 7) is 1.88. The van der Waals surface area contributed by atoms with E-state index in [1.807, 2.05) is 41.7 Å². The number of nitriles is 1. The number of thioether (sulfide) groups is 1. The van der Waals surface area contributed by atoms with E-state index in [1.165, 1.54) is 18.9 Å². The lowest BCUT2D eigenvalue weighted by Crippen LogP contribution is -2.05. The molecule has 0 fully saturated rings. The molecule has 0 amide bonds. The van der Waals surface area contributed by atoms with Gasteiger partial charge in [-0.3, -0.25) is 9.20 Å². The second-order valence-corrected chi connectivity index (χ2v) is 5.77. The fraction of sp³-hybridized carbons (Fsp3) is 0.188. The van der Waals surface area contributed by atoms with E-state index >= 15 is 0 Å². The molecule has 2 heterocycles. The Morgan fingerprint density at radius 3 is 2.95 bits per heavy atom. The van der Waals surface area contributed by atoms with Gasteiger partial charge in [0.15, 0.2) is 5.65 Å². The van der Waals surface area contributed by atoms with E-state index in [9.17, 15) is 10.1 Å². The van der Waals surface area contributed by atoms with Gasteiger partial charge in [-0.2, -0.15) is 5.26 Å². The molecule has 3 rings (SSSR count). The van der Waals surface area contributed by atoms with Crippen molar-refractivity contribution in [3.05, 3.63) is 41.5 Å². The van der Waals surface area contributed by atoms with Crippen molar-refractivity contribution in [2.45, 2.75) is 11.9 Å². The second kappa shape index (κ2) is 5.70. The number of pyridine rings is 1. The highest BCUT2D eigenvalue weighted by molar-refractivity contribution is 7.99. The number of para-hydroxylation sites is 2. The summed E-state index contributed by atoms with van der Waals surface area (Å²) in [7, 11) is 1.37. The smallest absolute Gasteiger partial charge is 0.316 e. The number of carbonyl (C=O) groups excluding carboxylic acids is 1. The normalized spacial score (nSPS) is 10.8. The number of methoxy groups -OCH3 is 1. The summed E-state index contributed by atoms with van der Waals surface area (Å²) in [6, 6.07) is 11.8. The van der Waals surface area contributed by atoms with E-state index in [4.69, 9.17) is 4.74 Å². The number of hydrogen-bond donors (Lipinski definition) is 0. The summed E-state index contributed by atoms with van der Waals surface area (Å²) in [5.41, 5.74) is 3.76. The van der Waals surface area contributed by atoms with E-state index in [0.717, 1.165) is 21.6 Å². The van der Waals surface area contributed by atoms with Crippen molar-refractivity contribution in [1.82, 2.24) is 9.38 Å². The number of hydrogen-bond acceptors (Lipinski definition) is 5. The van der Waals surface area contributed by atoms with Crippen LogP contribution in [-0.2, 0) is 9.53 Å². The first-order chi connectivity index (χ1) is 10.7. The minimum Gasteiger partial charge on any atom is -0.468 e. The molecule has 6 heteroatoms. The van der Waals surface area contributed by atoms with E-state index < -0.39 is 0 Å². The van der Waals surface area contributed by atoms with Gasteiger partial charge in [-0.05, 0) is 30.7 Å². The van der Waals surface area contributed by atoms with Crippen LogP contribution in [0.2, 0.25) is 0 Å². The number of aryl methyl sites for hydroxylation is 1. The minimum absolute atomic E-state index is 0.212. The molecule has 0 aliphatic carbocycles. The van der Waals surface area contributed by atoms with Gasteiger partial charge in [0.25, 0.3) is 0 Å². The number of benzene rings is 1. The Bertz CT molecular complexity index is 924. The summed E-state index contributed by atoms with van der Waals surface area (Å²) in [5, 5.41) is 10.3. The van der Waals surface area contributed by atoms with Crippen molar-refractivity contribution < 1.29 is 9.53 Å². The maximum atomic E-state index is 11.4. The summed E-state index contributed by atoms with van der Waals surface area (Å²) in [6.07, 6.45) is 0. The minimum atomic E-state index is -0.287. The van der Waals surface area contributed by atoms with Crippen molar-refractivity contribution in [2.24, 2.45) is 0 Å². The quantitative estimate of drug-likeness (QED) is 0.549. The first-order valence-corrected chi connectivity index (χ1v) is 7.64. The molecule has 5 nitrogen and oxygen atoms in total. The molecule has 0 spiro atoms. The Morgan fingerprint density at radius 2 is 2.23 bits per heavy atom. The van der Waals surface area contributed by atoms with Crippen molar-refractivity contribution in [3.8, 4) is 6.07 Å². The number of nitrogens with zero attached hydrogens (tertiary/aromatic N) is 3. The predicted molar refractivity (Wildman–Crippen MR) is 84.9 cm³/mol. The number of ether oxygens (including phenoxy) is 1. The Kier molecular flexibility index (Phi) is 3.73. The van der Waals surface area contributed by atoms with Crippen LogP contribution in [0, 0.1) is 18.3 Å². The van der Waals surface area contributed by atoms with Gasteiger partial charge in [0, 0.05) is 0 Å². The van der Waals surface area contributed by atoms with Gasteiger partial charge < -0.3 is 4.74 Å². The van der Waals surface area contributed by atoms with Crippen LogP contribution in [-0.4, -0.2) is 28.2 Å². The lowest BCUT2D eigenvalue weighted by Gasteiger charge is -2.09. The van der Waals surface area contributed by atoms with Crippen molar-refractivity contribution in [2.75, 3.05) is 12.9 Å². The molecule has 0 aliphatic rings. The first-order valence-electron chi connectivity index (χ1n) is 6.66. The topological polar surface area (TPSA) is 67.4 Å². The van der Waals surface area contributed by atoms with Gasteiger partial charge in [0.05, 0.1) is 34.5 Å². The van der Waals surface area contributed by atoms with Crippen LogP contribution in [0.15, 0.2) is 35.4 Å². The zero-order valence-electron chi connectivity index (χ0n) is 12.2. The van der Waals surface area contributed by atoms with Gasteiger partial charge in [0.2, 0.25) is 0 Å². The average molecular weight is 311 g/mol. The summed E-state index contributed by atoms with van der Waals surface area (Å²) in [5.74, 6) is -0.0757. The maximum Gasteiger partial charge on any atom is 0.316 e. The number of esters is 1. The number of fused-ring (bicyclic) bond motifs is 3. The maximum absolute atomic E-state index is 11.4. The lowest BCUT2D eigenvalue weighted by molar-refractivity contribution is -0.137. The fourth-order valence-electron chi connectivity index (χ4n) is 2.35. The molecule has 110 valence electrons. The number of carbonyl (C=O) groups is 1. The Balaban J connectivity index is 2.27. The van der Waals surface area contributed by atoms with Crippen molar-refractivity contribution in [3.63, 3.8) is 0 Å². The van der Waals surface area contributed by atoms with Crippen LogP contribution in [0.3, 0.4) is 0 Å². The molecular weight excluding hydrogens is 298 g/mol. The highest BCUT2D eigenvalue weighted by Gasteiger charge is 2.16. The molecule has 0 atom stereocenters. The Morgan fingerprint density at radius 1 is 1.45 bits per heavy atom. The first kappa shape index (κ1) is 14.4. The largest absolute Gasteiger partial charge is 0.468 e. The molecule has 0 radical (unpaired) electrons. The number of imidazole rings is 1. The van der Waals surface area contributed by atoms with E-state index in [2.05, 4.69) is 11.1 Å². The molecule has 22 heavy (non-hydrogen) atoms. The van der Waals surface area contributed by atoms with Crippen molar-refractivity contribution >= 4 is 34.4 Å². The third-order valence-corrected chi connectivity index (χ3v) is 4.39. The fourth-order valence-corrected chi connectivity index (χ4v) is 3.31. The molecule has 0 aliphatic heterocycles. The molecule has 0 unspecified atom stereocenters. The van der Waals surface area contributed by atoms with E-state index in [-0.39, 0.29) is 11.7 Å². The molecule has 0 N–H and O–H groups in total. The highest BCUT2D eigenvalue weighted by atomic mass is 32.2. The van der Waals surface area contributed by atoms with Crippen molar-refractivity contribution in [1.29, 1.82) is 5.26 Å². The van der Waals surface area contributed by atoms with Crippen LogP contribution in [0.1, 0.15) is 11.1 Å². The van der Waals surface area contributed by atoms with Crippen LogP contribution >= 0.6 is 11.8 Å². The average Bonchev–Trinajstić information content (AvgIpc) is 2.91. The van der Waals surface area contributed by atoms with Crippen LogP contribution in [0.5, 0.6) is 0 Å². The zero-order chi connectivity index (χ0) is 15.7. The van der Waals surface area contributed by atoms with Crippen LogP contribution < -0.4 is 0 Å². The molecule has 2 aromatic heterocycles. The Labute approximate surface area is 131 Å². The standard InChI is InChI=1S/C16H13N3O2S/c1-10-7-14(22-9-15(20)21-2)19-13-6-4-3-5-12(13)18-16(19)11(10)8-17/h3-7H,9H2,1-2H3. The van der Waals surface area contributed by atoms with Crippen LogP contribution in [0.25, 0.3) is 16.7 Å². The zero-order valence-corrected chi connectivity index (χ0v) is 13.0. The highest BCUT2D eigenvalue weighted by Crippen LogP contribution is 2.29. The van der Waals surface area contributed by atoms with Gasteiger partial charge in [-0.15, -0.1) is 0 Å². The lowest BCUT2D eigenvalue weighted by atomic mass is 10.2. The second-order valence-electron chi connectivity index (χ2n) is 4.78. The molecule has 0 saturated carbocycles. The van der Waals surface area contributed by atoms with Crippen LogP contribution in [0.4, 0.5) is 0 Å². The molecule has 1 aromatic carbocycles. The Hall–Kier alpha value is -2.52. The summed E-state index contributed by atoms with van der Waals surface area (Å²) < 4.78 is 6.62. The van der Waals surface area contributed by atoms with Gasteiger partial charge >= 0.3 is 5.97 Å². The van der Waals surface area contributed by atoms with Gasteiger partial charge in [-0.1, -0.05) is 23.9 Å². The molecule has 0 saturated heterocycles. The molecule has 0 bridgehead atoms. The molecule has 3 aromatic rings. The number of aromatic nitrogens is 2. The summed E-state index contributed by atoms with van der Waals surface area (Å²) in [4.78, 5) is 16.0. The third kappa shape index (κ3) is 2.30. The van der Waals surface area contributed by atoms with Gasteiger partial charge in [-0.25, -0.2) is 4.98 Å². The molecular formula is C16H13N3O2S. The van der Waals surface area contributed by atoms with Gasteiger partial charge in [0.1, 0.15) is 6.07 Å². The van der Waals surface area contributed by atoms with E-state index in [0.29, 0.717) is 11.2 Å². The van der Waals surface area contributed by atoms with E-state index in [1.54, 1.807) is 0 Å². The number of rotatable bonds is 3. The third-order valence-electron chi connectivity index (χ3n) is 3.42. The monoisotopic (exact) mass is 311 g/mol.